The average molecular weight is 219 g/mol. The molecule has 0 radical (unpaired) electrons. The maximum Gasteiger partial charge on any atom is 0.152 e. The van der Waals surface area contributed by atoms with E-state index in [0.717, 1.165) is 12.1 Å². The molecule has 88 valence electrons. The number of carbonyl (C=O) groups excluding carboxylic acids is 1. The topological polar surface area (TPSA) is 20.3 Å². The molecule has 0 saturated heterocycles. The molecule has 0 unspecified atom stereocenters. The van der Waals surface area contributed by atoms with Crippen LogP contribution >= 0.6 is 0 Å². The van der Waals surface area contributed by atoms with Crippen molar-refractivity contribution in [2.75, 3.05) is 18.5 Å². The van der Waals surface area contributed by atoms with Gasteiger partial charge in [-0.2, -0.15) is 0 Å². The molecule has 2 heteroatoms. The van der Waals surface area contributed by atoms with E-state index >= 15 is 0 Å². The number of aryl methyl sites for hydroxylation is 2. The van der Waals surface area contributed by atoms with Crippen molar-refractivity contribution in [1.82, 2.24) is 0 Å². The van der Waals surface area contributed by atoms with Gasteiger partial charge in [0.25, 0.3) is 0 Å². The van der Waals surface area contributed by atoms with Crippen molar-refractivity contribution >= 4 is 11.5 Å². The Labute approximate surface area is 98.3 Å². The molecule has 0 bridgehead atoms. The van der Waals surface area contributed by atoms with Crippen LogP contribution in [-0.2, 0) is 4.79 Å². The fraction of sp³-hybridized carbons (Fsp3) is 0.500. The van der Waals surface area contributed by atoms with Crippen LogP contribution in [0.4, 0.5) is 5.69 Å². The van der Waals surface area contributed by atoms with Crippen LogP contribution in [0, 0.1) is 13.8 Å². The third-order valence-electron chi connectivity index (χ3n) is 2.59. The molecule has 1 aromatic carbocycles. The number of anilines is 1. The number of likely N-dealkylation sites (N-methyl/N-ethyl adjacent to an activating group) is 1. The summed E-state index contributed by atoms with van der Waals surface area (Å²) >= 11 is 0. The van der Waals surface area contributed by atoms with E-state index in [1.54, 1.807) is 0 Å². The van der Waals surface area contributed by atoms with Crippen molar-refractivity contribution in [3.8, 4) is 0 Å². The molecule has 0 spiro atoms. The summed E-state index contributed by atoms with van der Waals surface area (Å²) in [6.45, 7) is 6.71. The third-order valence-corrected chi connectivity index (χ3v) is 2.59. The highest BCUT2D eigenvalue weighted by Gasteiger charge is 2.07. The molecular weight excluding hydrogens is 198 g/mol. The van der Waals surface area contributed by atoms with Crippen molar-refractivity contribution < 1.29 is 4.79 Å². The van der Waals surface area contributed by atoms with E-state index in [1.165, 1.54) is 11.1 Å². The Bertz CT molecular complexity index is 351. The van der Waals surface area contributed by atoms with Gasteiger partial charge in [0.05, 0.1) is 6.54 Å². The Balaban J connectivity index is 2.72. The number of carbonyl (C=O) groups is 1. The molecule has 0 heterocycles. The summed E-state index contributed by atoms with van der Waals surface area (Å²) in [5.74, 6) is 0.309. The van der Waals surface area contributed by atoms with Gasteiger partial charge in [-0.1, -0.05) is 13.0 Å². The van der Waals surface area contributed by atoms with Gasteiger partial charge in [-0.3, -0.25) is 4.79 Å². The maximum absolute atomic E-state index is 11.6. The predicted molar refractivity (Wildman–Crippen MR) is 69.1 cm³/mol. The van der Waals surface area contributed by atoms with Crippen molar-refractivity contribution in [2.24, 2.45) is 0 Å². The fourth-order valence-corrected chi connectivity index (χ4v) is 1.88. The summed E-state index contributed by atoms with van der Waals surface area (Å²) in [5.41, 5.74) is 3.61. The molecule has 1 rings (SSSR count). The minimum atomic E-state index is 0.309. The minimum absolute atomic E-state index is 0.309. The molecule has 0 aliphatic rings. The van der Waals surface area contributed by atoms with Gasteiger partial charge in [-0.25, -0.2) is 0 Å². The fourth-order valence-electron chi connectivity index (χ4n) is 1.88. The zero-order chi connectivity index (χ0) is 12.1. The van der Waals surface area contributed by atoms with E-state index in [-0.39, 0.29) is 0 Å². The number of benzene rings is 1. The molecule has 16 heavy (non-hydrogen) atoms. The second kappa shape index (κ2) is 5.69. The van der Waals surface area contributed by atoms with E-state index in [9.17, 15) is 4.79 Å². The summed E-state index contributed by atoms with van der Waals surface area (Å²) in [6.07, 6.45) is 1.61. The van der Waals surface area contributed by atoms with Gasteiger partial charge in [0.2, 0.25) is 0 Å². The largest absolute Gasteiger partial charge is 0.367 e. The smallest absolute Gasteiger partial charge is 0.152 e. The Morgan fingerprint density at radius 2 is 1.75 bits per heavy atom. The Kier molecular flexibility index (Phi) is 4.53. The Morgan fingerprint density at radius 3 is 2.25 bits per heavy atom. The molecule has 0 aliphatic carbocycles. The second-order valence-corrected chi connectivity index (χ2v) is 4.49. The predicted octanol–water partition coefficient (Wildman–Crippen LogP) is 3.11. The number of hydrogen-bond donors (Lipinski definition) is 0. The van der Waals surface area contributed by atoms with Gasteiger partial charge in [0.15, 0.2) is 5.78 Å². The quantitative estimate of drug-likeness (QED) is 0.758. The van der Waals surface area contributed by atoms with Crippen LogP contribution in [0.15, 0.2) is 18.2 Å². The van der Waals surface area contributed by atoms with Gasteiger partial charge in [0.1, 0.15) is 0 Å². The first-order chi connectivity index (χ1) is 7.52. The van der Waals surface area contributed by atoms with Gasteiger partial charge >= 0.3 is 0 Å². The first-order valence-corrected chi connectivity index (χ1v) is 5.84. The summed E-state index contributed by atoms with van der Waals surface area (Å²) in [6, 6.07) is 6.38. The summed E-state index contributed by atoms with van der Waals surface area (Å²) in [4.78, 5) is 13.6. The Hall–Kier alpha value is -1.31. The van der Waals surface area contributed by atoms with Gasteiger partial charge in [-0.15, -0.1) is 0 Å². The summed E-state index contributed by atoms with van der Waals surface area (Å²) in [7, 11) is 1.97. The number of rotatable bonds is 5. The highest BCUT2D eigenvalue weighted by Crippen LogP contribution is 2.17. The third kappa shape index (κ3) is 3.69. The number of Topliss-reactive ketones (excluding diaryl/α,β-unsaturated/α-hetero) is 1. The minimum Gasteiger partial charge on any atom is -0.367 e. The lowest BCUT2D eigenvalue weighted by atomic mass is 10.1. The zero-order valence-corrected chi connectivity index (χ0v) is 10.7. The molecule has 0 amide bonds. The monoisotopic (exact) mass is 219 g/mol. The lowest BCUT2D eigenvalue weighted by Gasteiger charge is -2.19. The second-order valence-electron chi connectivity index (χ2n) is 4.49. The Morgan fingerprint density at radius 1 is 1.19 bits per heavy atom. The van der Waals surface area contributed by atoms with Crippen LogP contribution in [0.3, 0.4) is 0 Å². The SMILES string of the molecule is CCCC(=O)CN(C)c1cc(C)cc(C)c1. The molecule has 0 saturated carbocycles. The molecule has 0 N–H and O–H groups in total. The molecule has 0 fully saturated rings. The van der Waals surface area contributed by atoms with E-state index in [0.29, 0.717) is 18.7 Å². The van der Waals surface area contributed by atoms with E-state index in [1.807, 2.05) is 18.9 Å². The highest BCUT2D eigenvalue weighted by atomic mass is 16.1. The van der Waals surface area contributed by atoms with Gasteiger partial charge < -0.3 is 4.90 Å². The highest BCUT2D eigenvalue weighted by molar-refractivity contribution is 5.83. The molecular formula is C14H21NO. The van der Waals surface area contributed by atoms with Crippen LogP contribution < -0.4 is 4.90 Å². The van der Waals surface area contributed by atoms with Crippen molar-refractivity contribution in [2.45, 2.75) is 33.6 Å². The summed E-state index contributed by atoms with van der Waals surface area (Å²) in [5, 5.41) is 0. The first-order valence-electron chi connectivity index (χ1n) is 5.84. The van der Waals surface area contributed by atoms with Crippen LogP contribution in [0.2, 0.25) is 0 Å². The van der Waals surface area contributed by atoms with E-state index in [2.05, 4.69) is 32.0 Å². The van der Waals surface area contributed by atoms with E-state index < -0.39 is 0 Å². The lowest BCUT2D eigenvalue weighted by molar-refractivity contribution is -0.117. The summed E-state index contributed by atoms with van der Waals surface area (Å²) < 4.78 is 0. The van der Waals surface area contributed by atoms with Gasteiger partial charge in [-0.05, 0) is 43.5 Å². The van der Waals surface area contributed by atoms with E-state index in [4.69, 9.17) is 0 Å². The van der Waals surface area contributed by atoms with Crippen molar-refractivity contribution in [3.63, 3.8) is 0 Å². The average Bonchev–Trinajstić information content (AvgIpc) is 2.16. The first kappa shape index (κ1) is 12.8. The van der Waals surface area contributed by atoms with Crippen LogP contribution in [0.25, 0.3) is 0 Å². The molecule has 0 aliphatic heterocycles. The number of hydrogen-bond acceptors (Lipinski definition) is 2. The van der Waals surface area contributed by atoms with Crippen LogP contribution in [-0.4, -0.2) is 19.4 Å². The van der Waals surface area contributed by atoms with Crippen molar-refractivity contribution in [3.05, 3.63) is 29.3 Å². The molecule has 2 nitrogen and oxygen atoms in total. The standard InChI is InChI=1S/C14H21NO/c1-5-6-14(16)10-15(4)13-8-11(2)7-12(3)9-13/h7-9H,5-6,10H2,1-4H3. The number of ketones is 1. The molecule has 1 aromatic rings. The number of nitrogens with zero attached hydrogens (tertiary/aromatic N) is 1. The molecule has 0 aromatic heterocycles. The maximum atomic E-state index is 11.6. The van der Waals surface area contributed by atoms with Crippen molar-refractivity contribution in [1.29, 1.82) is 0 Å². The van der Waals surface area contributed by atoms with Crippen LogP contribution in [0.1, 0.15) is 30.9 Å². The lowest BCUT2D eigenvalue weighted by Crippen LogP contribution is -2.25. The normalized spacial score (nSPS) is 10.2. The zero-order valence-electron chi connectivity index (χ0n) is 10.7. The van der Waals surface area contributed by atoms with Crippen LogP contribution in [0.5, 0.6) is 0 Å². The van der Waals surface area contributed by atoms with Gasteiger partial charge in [0, 0.05) is 19.2 Å². The molecule has 0 atom stereocenters.